The highest BCUT2D eigenvalue weighted by molar-refractivity contribution is 5.88. The van der Waals surface area contributed by atoms with Gasteiger partial charge in [0.15, 0.2) is 5.69 Å². The fourth-order valence-corrected chi connectivity index (χ4v) is 1.62. The molecule has 4 heteroatoms. The summed E-state index contributed by atoms with van der Waals surface area (Å²) >= 11 is 0. The number of benzene rings is 1. The van der Waals surface area contributed by atoms with Crippen molar-refractivity contribution in [3.63, 3.8) is 0 Å². The number of ether oxygens (including phenoxy) is 1. The summed E-state index contributed by atoms with van der Waals surface area (Å²) < 4.78 is 6.92. The zero-order valence-corrected chi connectivity index (χ0v) is 10.4. The topological polar surface area (TPSA) is 44.1 Å². The Morgan fingerprint density at radius 1 is 1.33 bits per heavy atom. The number of nitrogens with zero attached hydrogens (tertiary/aromatic N) is 2. The van der Waals surface area contributed by atoms with Crippen LogP contribution in [0, 0.1) is 0 Å². The second-order valence-electron chi connectivity index (χ2n) is 3.97. The largest absolute Gasteiger partial charge is 0.461 e. The summed E-state index contributed by atoms with van der Waals surface area (Å²) in [4.78, 5) is 15.9. The number of carbonyl (C=O) groups excluding carboxylic acids is 1. The summed E-state index contributed by atoms with van der Waals surface area (Å²) in [6, 6.07) is 9.61. The molecule has 0 N–H and O–H groups in total. The van der Waals surface area contributed by atoms with Crippen molar-refractivity contribution in [1.29, 1.82) is 0 Å². The lowest BCUT2D eigenvalue weighted by Crippen LogP contribution is -2.11. The lowest BCUT2D eigenvalue weighted by atomic mass is 10.3. The summed E-state index contributed by atoms with van der Waals surface area (Å²) in [7, 11) is 0. The molecule has 0 spiro atoms. The van der Waals surface area contributed by atoms with Crippen LogP contribution in [0.4, 0.5) is 0 Å². The lowest BCUT2D eigenvalue weighted by Gasteiger charge is -2.07. The fourth-order valence-electron chi connectivity index (χ4n) is 1.62. The van der Waals surface area contributed by atoms with Gasteiger partial charge >= 0.3 is 5.97 Å². The van der Waals surface area contributed by atoms with Crippen molar-refractivity contribution in [2.75, 3.05) is 6.61 Å². The summed E-state index contributed by atoms with van der Waals surface area (Å²) in [5, 5.41) is 0. The van der Waals surface area contributed by atoms with Crippen LogP contribution in [0.2, 0.25) is 0 Å². The normalized spacial score (nSPS) is 10.3. The molecular formula is C14H16N2O2. The minimum atomic E-state index is -0.329. The number of para-hydroxylation sites is 1. The highest BCUT2D eigenvalue weighted by atomic mass is 16.5. The van der Waals surface area contributed by atoms with Crippen molar-refractivity contribution >= 4 is 5.97 Å². The van der Waals surface area contributed by atoms with E-state index < -0.39 is 0 Å². The molecule has 0 unspecified atom stereocenters. The molecule has 0 saturated carbocycles. The quantitative estimate of drug-likeness (QED) is 0.600. The number of aromatic nitrogens is 2. The van der Waals surface area contributed by atoms with Gasteiger partial charge in [0.1, 0.15) is 0 Å². The van der Waals surface area contributed by atoms with E-state index in [1.54, 1.807) is 10.9 Å². The summed E-state index contributed by atoms with van der Waals surface area (Å²) in [5.41, 5.74) is 1.36. The van der Waals surface area contributed by atoms with Crippen LogP contribution in [-0.2, 0) is 4.74 Å². The zero-order chi connectivity index (χ0) is 12.8. The first-order valence-corrected chi connectivity index (χ1v) is 6.08. The van der Waals surface area contributed by atoms with E-state index in [1.165, 1.54) is 6.20 Å². The van der Waals surface area contributed by atoms with E-state index in [-0.39, 0.29) is 5.97 Å². The average molecular weight is 244 g/mol. The Kier molecular flexibility index (Phi) is 4.12. The van der Waals surface area contributed by atoms with E-state index >= 15 is 0 Å². The molecule has 0 aliphatic heterocycles. The van der Waals surface area contributed by atoms with Crippen LogP contribution in [-0.4, -0.2) is 22.1 Å². The Balaban J connectivity index is 2.15. The molecule has 2 rings (SSSR count). The molecule has 0 bridgehead atoms. The van der Waals surface area contributed by atoms with Gasteiger partial charge < -0.3 is 4.74 Å². The maximum Gasteiger partial charge on any atom is 0.356 e. The van der Waals surface area contributed by atoms with Crippen LogP contribution in [0.5, 0.6) is 0 Å². The molecule has 1 heterocycles. The Morgan fingerprint density at radius 2 is 2.11 bits per heavy atom. The van der Waals surface area contributed by atoms with Gasteiger partial charge in [0.25, 0.3) is 0 Å². The second-order valence-corrected chi connectivity index (χ2v) is 3.97. The molecule has 0 aliphatic rings. The van der Waals surface area contributed by atoms with Crippen LogP contribution < -0.4 is 0 Å². The third-order valence-corrected chi connectivity index (χ3v) is 2.61. The summed E-state index contributed by atoms with van der Waals surface area (Å²) in [5.74, 6) is -0.329. The Labute approximate surface area is 106 Å². The highest BCUT2D eigenvalue weighted by Crippen LogP contribution is 2.11. The molecule has 0 saturated heterocycles. The van der Waals surface area contributed by atoms with Crippen LogP contribution in [0.1, 0.15) is 30.3 Å². The number of hydrogen-bond donors (Lipinski definition) is 0. The van der Waals surface area contributed by atoms with Crippen molar-refractivity contribution in [2.24, 2.45) is 0 Å². The van der Waals surface area contributed by atoms with E-state index in [1.807, 2.05) is 30.3 Å². The Bertz CT molecular complexity index is 506. The number of esters is 1. The smallest absolute Gasteiger partial charge is 0.356 e. The van der Waals surface area contributed by atoms with Gasteiger partial charge in [0, 0.05) is 5.69 Å². The number of imidazole rings is 1. The van der Waals surface area contributed by atoms with Crippen molar-refractivity contribution in [3.8, 4) is 5.69 Å². The van der Waals surface area contributed by atoms with Gasteiger partial charge in [-0.2, -0.15) is 0 Å². The Hall–Kier alpha value is -2.10. The molecular weight excluding hydrogens is 228 g/mol. The lowest BCUT2D eigenvalue weighted by molar-refractivity contribution is 0.0490. The van der Waals surface area contributed by atoms with Gasteiger partial charge in [0.05, 0.1) is 19.1 Å². The van der Waals surface area contributed by atoms with E-state index in [0.29, 0.717) is 12.3 Å². The minimum absolute atomic E-state index is 0.329. The third-order valence-electron chi connectivity index (χ3n) is 2.61. The summed E-state index contributed by atoms with van der Waals surface area (Å²) in [6.07, 6.45) is 5.03. The van der Waals surface area contributed by atoms with Crippen molar-refractivity contribution in [3.05, 3.63) is 48.5 Å². The van der Waals surface area contributed by atoms with Crippen molar-refractivity contribution in [1.82, 2.24) is 9.55 Å². The van der Waals surface area contributed by atoms with Gasteiger partial charge in [-0.05, 0) is 18.6 Å². The molecule has 18 heavy (non-hydrogen) atoms. The molecule has 4 nitrogen and oxygen atoms in total. The molecule has 0 atom stereocenters. The van der Waals surface area contributed by atoms with E-state index in [0.717, 1.165) is 18.5 Å². The first-order valence-electron chi connectivity index (χ1n) is 6.08. The average Bonchev–Trinajstić information content (AvgIpc) is 2.89. The third kappa shape index (κ3) is 2.77. The van der Waals surface area contributed by atoms with Crippen LogP contribution in [0.25, 0.3) is 5.69 Å². The van der Waals surface area contributed by atoms with Crippen LogP contribution in [0.15, 0.2) is 42.9 Å². The first kappa shape index (κ1) is 12.4. The predicted octanol–water partition coefficient (Wildman–Crippen LogP) is 2.83. The van der Waals surface area contributed by atoms with Crippen LogP contribution >= 0.6 is 0 Å². The minimum Gasteiger partial charge on any atom is -0.461 e. The molecule has 0 radical (unpaired) electrons. The maximum absolute atomic E-state index is 11.9. The number of carbonyl (C=O) groups is 1. The molecule has 0 aliphatic carbocycles. The maximum atomic E-state index is 11.9. The van der Waals surface area contributed by atoms with Gasteiger partial charge in [-0.3, -0.25) is 4.57 Å². The van der Waals surface area contributed by atoms with Gasteiger partial charge in [-0.15, -0.1) is 0 Å². The molecule has 1 aromatic carbocycles. The number of rotatable bonds is 5. The van der Waals surface area contributed by atoms with Gasteiger partial charge in [-0.25, -0.2) is 9.78 Å². The number of hydrogen-bond acceptors (Lipinski definition) is 3. The van der Waals surface area contributed by atoms with E-state index in [4.69, 9.17) is 4.74 Å². The van der Waals surface area contributed by atoms with E-state index in [2.05, 4.69) is 11.9 Å². The summed E-state index contributed by atoms with van der Waals surface area (Å²) in [6.45, 7) is 2.51. The molecule has 1 aromatic heterocycles. The molecule has 0 fully saturated rings. The Morgan fingerprint density at radius 3 is 2.83 bits per heavy atom. The van der Waals surface area contributed by atoms with Gasteiger partial charge in [0.2, 0.25) is 0 Å². The number of unbranched alkanes of at least 4 members (excludes halogenated alkanes) is 1. The van der Waals surface area contributed by atoms with Crippen molar-refractivity contribution in [2.45, 2.75) is 19.8 Å². The molecule has 2 aromatic rings. The monoisotopic (exact) mass is 244 g/mol. The van der Waals surface area contributed by atoms with Gasteiger partial charge in [-0.1, -0.05) is 31.5 Å². The van der Waals surface area contributed by atoms with Crippen LogP contribution in [0.3, 0.4) is 0 Å². The SMILES string of the molecule is CCCCOC(=O)c1cncn1-c1ccccc1. The zero-order valence-electron chi connectivity index (χ0n) is 10.4. The predicted molar refractivity (Wildman–Crippen MR) is 68.8 cm³/mol. The first-order chi connectivity index (χ1) is 8.83. The highest BCUT2D eigenvalue weighted by Gasteiger charge is 2.13. The molecule has 94 valence electrons. The fraction of sp³-hybridized carbons (Fsp3) is 0.286. The van der Waals surface area contributed by atoms with E-state index in [9.17, 15) is 4.79 Å². The molecule has 0 amide bonds. The van der Waals surface area contributed by atoms with Crippen molar-refractivity contribution < 1.29 is 9.53 Å². The second kappa shape index (κ2) is 6.00. The standard InChI is InChI=1S/C14H16N2O2/c1-2-3-9-18-14(17)13-10-15-11-16(13)12-7-5-4-6-8-12/h4-8,10-11H,2-3,9H2,1H3.